The molecule has 1 aliphatic rings. The minimum Gasteiger partial charge on any atom is -0.298 e. The van der Waals surface area contributed by atoms with E-state index in [0.717, 1.165) is 18.3 Å². The molecular formula is C9H8O. The van der Waals surface area contributed by atoms with Gasteiger partial charge >= 0.3 is 0 Å². The summed E-state index contributed by atoms with van der Waals surface area (Å²) in [5, 5.41) is 0. The Morgan fingerprint density at radius 2 is 2.60 bits per heavy atom. The monoisotopic (exact) mass is 132 g/mol. The van der Waals surface area contributed by atoms with Gasteiger partial charge in [-0.15, -0.1) is 6.42 Å². The smallest absolute Gasteiger partial charge is 0.149 e. The topological polar surface area (TPSA) is 17.1 Å². The van der Waals surface area contributed by atoms with E-state index in [1.165, 1.54) is 0 Å². The molecule has 0 saturated heterocycles. The SMILES string of the molecule is C#CC1C=CC(C=O)=CC1. The maximum Gasteiger partial charge on any atom is 0.149 e. The average Bonchev–Trinajstić information content (AvgIpc) is 2.05. The maximum absolute atomic E-state index is 10.2. The van der Waals surface area contributed by atoms with Crippen molar-refractivity contribution < 1.29 is 4.79 Å². The van der Waals surface area contributed by atoms with Gasteiger partial charge < -0.3 is 0 Å². The zero-order valence-electron chi connectivity index (χ0n) is 5.58. The number of terminal acetylenes is 1. The summed E-state index contributed by atoms with van der Waals surface area (Å²) < 4.78 is 0. The third kappa shape index (κ3) is 1.35. The predicted molar refractivity (Wildman–Crippen MR) is 40.2 cm³/mol. The Kier molecular flexibility index (Phi) is 2.07. The molecule has 1 rings (SSSR count). The van der Waals surface area contributed by atoms with Gasteiger partial charge in [-0.3, -0.25) is 4.79 Å². The van der Waals surface area contributed by atoms with Crippen LogP contribution in [0.3, 0.4) is 0 Å². The summed E-state index contributed by atoms with van der Waals surface area (Å²) in [6.07, 6.45) is 12.3. The maximum atomic E-state index is 10.2. The lowest BCUT2D eigenvalue weighted by molar-refractivity contribution is -0.104. The second kappa shape index (κ2) is 3.03. The van der Waals surface area contributed by atoms with Gasteiger partial charge in [0.05, 0.1) is 0 Å². The molecule has 0 aromatic heterocycles. The first-order valence-corrected chi connectivity index (χ1v) is 3.16. The quantitative estimate of drug-likeness (QED) is 0.388. The summed E-state index contributed by atoms with van der Waals surface area (Å²) in [7, 11) is 0. The molecule has 1 nitrogen and oxygen atoms in total. The number of allylic oxidation sites excluding steroid dienone is 4. The van der Waals surface area contributed by atoms with Crippen LogP contribution in [0.1, 0.15) is 6.42 Å². The van der Waals surface area contributed by atoms with Crippen LogP contribution < -0.4 is 0 Å². The van der Waals surface area contributed by atoms with Crippen LogP contribution in [0.15, 0.2) is 23.8 Å². The van der Waals surface area contributed by atoms with Crippen molar-refractivity contribution in [2.75, 3.05) is 0 Å². The molecule has 0 aromatic rings. The van der Waals surface area contributed by atoms with Crippen LogP contribution >= 0.6 is 0 Å². The molecule has 0 radical (unpaired) electrons. The highest BCUT2D eigenvalue weighted by atomic mass is 16.1. The van der Waals surface area contributed by atoms with E-state index < -0.39 is 0 Å². The molecule has 0 spiro atoms. The number of hydrogen-bond acceptors (Lipinski definition) is 1. The van der Waals surface area contributed by atoms with Gasteiger partial charge in [0, 0.05) is 11.5 Å². The van der Waals surface area contributed by atoms with E-state index in [-0.39, 0.29) is 5.92 Å². The first-order chi connectivity index (χ1) is 4.86. The summed E-state index contributed by atoms with van der Waals surface area (Å²) in [4.78, 5) is 10.2. The second-order valence-electron chi connectivity index (χ2n) is 2.19. The van der Waals surface area contributed by atoms with Crippen LogP contribution in [0.4, 0.5) is 0 Å². The van der Waals surface area contributed by atoms with Gasteiger partial charge in [-0.25, -0.2) is 0 Å². The van der Waals surface area contributed by atoms with Crippen molar-refractivity contribution in [3.63, 3.8) is 0 Å². The van der Waals surface area contributed by atoms with E-state index in [0.29, 0.717) is 0 Å². The van der Waals surface area contributed by atoms with Gasteiger partial charge in [-0.1, -0.05) is 24.1 Å². The van der Waals surface area contributed by atoms with Crippen molar-refractivity contribution in [2.45, 2.75) is 6.42 Å². The third-order valence-electron chi connectivity index (χ3n) is 1.48. The fraction of sp³-hybridized carbons (Fsp3) is 0.222. The highest BCUT2D eigenvalue weighted by Crippen LogP contribution is 2.13. The van der Waals surface area contributed by atoms with Crippen molar-refractivity contribution in [1.29, 1.82) is 0 Å². The van der Waals surface area contributed by atoms with E-state index in [1.54, 1.807) is 6.08 Å². The van der Waals surface area contributed by atoms with Crippen LogP contribution in [0.25, 0.3) is 0 Å². The van der Waals surface area contributed by atoms with Gasteiger partial charge in [-0.05, 0) is 6.42 Å². The number of rotatable bonds is 1. The lowest BCUT2D eigenvalue weighted by Crippen LogP contribution is -1.96. The van der Waals surface area contributed by atoms with Crippen LogP contribution in [0.2, 0.25) is 0 Å². The summed E-state index contributed by atoms with van der Waals surface area (Å²) >= 11 is 0. The Balaban J connectivity index is 2.65. The number of hydrogen-bond donors (Lipinski definition) is 0. The lowest BCUT2D eigenvalue weighted by atomic mass is 9.98. The molecule has 0 N–H and O–H groups in total. The van der Waals surface area contributed by atoms with Gasteiger partial charge in [0.2, 0.25) is 0 Å². The molecule has 0 heterocycles. The molecule has 0 saturated carbocycles. The number of carbonyl (C=O) groups is 1. The van der Waals surface area contributed by atoms with Gasteiger partial charge in [0.1, 0.15) is 6.29 Å². The largest absolute Gasteiger partial charge is 0.298 e. The van der Waals surface area contributed by atoms with Gasteiger partial charge in [0.15, 0.2) is 0 Å². The van der Waals surface area contributed by atoms with Crippen molar-refractivity contribution in [3.05, 3.63) is 23.8 Å². The van der Waals surface area contributed by atoms with Gasteiger partial charge in [-0.2, -0.15) is 0 Å². The van der Waals surface area contributed by atoms with Crippen molar-refractivity contribution in [1.82, 2.24) is 0 Å². The summed E-state index contributed by atoms with van der Waals surface area (Å²) in [5.41, 5.74) is 0.728. The van der Waals surface area contributed by atoms with Crippen molar-refractivity contribution in [3.8, 4) is 12.3 Å². The Hall–Kier alpha value is -1.29. The van der Waals surface area contributed by atoms with Crippen molar-refractivity contribution in [2.24, 2.45) is 5.92 Å². The molecule has 0 aliphatic heterocycles. The number of aldehydes is 1. The zero-order chi connectivity index (χ0) is 7.40. The molecule has 0 bridgehead atoms. The lowest BCUT2D eigenvalue weighted by Gasteiger charge is -2.05. The Bertz CT molecular complexity index is 228. The standard InChI is InChI=1S/C9H8O/c1-2-8-3-5-9(7-10)6-4-8/h1,3,5-8H,4H2. The summed E-state index contributed by atoms with van der Waals surface area (Å²) in [5.74, 6) is 2.79. The molecule has 1 unspecified atom stereocenters. The Morgan fingerprint density at radius 1 is 1.80 bits per heavy atom. The minimum absolute atomic E-state index is 0.184. The Labute approximate surface area is 60.4 Å². The van der Waals surface area contributed by atoms with E-state index in [9.17, 15) is 4.79 Å². The van der Waals surface area contributed by atoms with E-state index in [2.05, 4.69) is 5.92 Å². The molecule has 0 aromatic carbocycles. The highest BCUT2D eigenvalue weighted by molar-refractivity contribution is 5.77. The van der Waals surface area contributed by atoms with E-state index in [4.69, 9.17) is 6.42 Å². The van der Waals surface area contributed by atoms with Crippen LogP contribution in [0, 0.1) is 18.3 Å². The van der Waals surface area contributed by atoms with Crippen LogP contribution in [0.5, 0.6) is 0 Å². The molecule has 1 heteroatoms. The normalized spacial score (nSPS) is 23.1. The van der Waals surface area contributed by atoms with Crippen molar-refractivity contribution >= 4 is 6.29 Å². The Morgan fingerprint density at radius 3 is 3.00 bits per heavy atom. The minimum atomic E-state index is 0.184. The van der Waals surface area contributed by atoms with E-state index in [1.807, 2.05) is 12.2 Å². The fourth-order valence-corrected chi connectivity index (χ4v) is 0.848. The molecule has 1 atom stereocenters. The zero-order valence-corrected chi connectivity index (χ0v) is 5.58. The summed E-state index contributed by atoms with van der Waals surface area (Å²) in [6, 6.07) is 0. The molecule has 0 fully saturated rings. The molecule has 1 aliphatic carbocycles. The van der Waals surface area contributed by atoms with Crippen LogP contribution in [-0.4, -0.2) is 6.29 Å². The first kappa shape index (κ1) is 6.82. The number of carbonyl (C=O) groups excluding carboxylic acids is 1. The molecular weight excluding hydrogens is 124 g/mol. The molecule has 0 amide bonds. The highest BCUT2D eigenvalue weighted by Gasteiger charge is 2.03. The third-order valence-corrected chi connectivity index (χ3v) is 1.48. The van der Waals surface area contributed by atoms with E-state index >= 15 is 0 Å². The predicted octanol–water partition coefficient (Wildman–Crippen LogP) is 1.32. The molecule has 10 heavy (non-hydrogen) atoms. The fourth-order valence-electron chi connectivity index (χ4n) is 0.848. The van der Waals surface area contributed by atoms with Crippen LogP contribution in [-0.2, 0) is 4.79 Å². The summed E-state index contributed by atoms with van der Waals surface area (Å²) in [6.45, 7) is 0. The second-order valence-corrected chi connectivity index (χ2v) is 2.19. The average molecular weight is 132 g/mol. The van der Waals surface area contributed by atoms with Gasteiger partial charge in [0.25, 0.3) is 0 Å². The first-order valence-electron chi connectivity index (χ1n) is 3.16. The molecule has 50 valence electrons.